The molecule has 3 nitrogen and oxygen atoms in total. The van der Waals surface area contributed by atoms with Crippen molar-refractivity contribution in [1.29, 1.82) is 0 Å². The van der Waals surface area contributed by atoms with Crippen molar-refractivity contribution in [1.82, 2.24) is 5.09 Å². The number of hydrogen-bond acceptors (Lipinski definition) is 2. The average molecular weight is 189 g/mol. The van der Waals surface area contributed by atoms with Gasteiger partial charge in [0.1, 0.15) is 0 Å². The highest BCUT2D eigenvalue weighted by Crippen LogP contribution is 2.19. The summed E-state index contributed by atoms with van der Waals surface area (Å²) in [4.78, 5) is 10.4. The molecule has 2 atom stereocenters. The van der Waals surface area contributed by atoms with E-state index in [0.29, 0.717) is 0 Å². The van der Waals surface area contributed by atoms with Crippen molar-refractivity contribution >= 4 is 14.7 Å². The minimum Gasteiger partial charge on any atom is -0.481 e. The van der Waals surface area contributed by atoms with Crippen molar-refractivity contribution in [3.05, 3.63) is 0 Å². The van der Waals surface area contributed by atoms with Crippen LogP contribution in [0.3, 0.4) is 0 Å². The Morgan fingerprint density at radius 2 is 2.33 bits per heavy atom. The van der Waals surface area contributed by atoms with Crippen LogP contribution in [0.1, 0.15) is 32.1 Å². The molecule has 12 heavy (non-hydrogen) atoms. The monoisotopic (exact) mass is 189 g/mol. The molecule has 0 amide bonds. The Bertz CT molecular complexity index is 144. The van der Waals surface area contributed by atoms with E-state index in [1.165, 1.54) is 25.4 Å². The molecule has 0 spiro atoms. The smallest absolute Gasteiger partial charge is 0.304 e. The summed E-state index contributed by atoms with van der Waals surface area (Å²) in [6.07, 6.45) is 6.27. The number of carbonyl (C=O) groups is 1. The van der Waals surface area contributed by atoms with Crippen molar-refractivity contribution in [2.45, 2.75) is 38.1 Å². The second kappa shape index (κ2) is 5.50. The zero-order valence-electron chi connectivity index (χ0n) is 7.18. The van der Waals surface area contributed by atoms with Crippen LogP contribution in [0.2, 0.25) is 0 Å². The van der Waals surface area contributed by atoms with Crippen LogP contribution in [0.25, 0.3) is 0 Å². The molecule has 0 saturated carbocycles. The predicted molar refractivity (Wildman–Crippen MR) is 50.8 cm³/mol. The van der Waals surface area contributed by atoms with Crippen LogP contribution in [-0.2, 0) is 4.79 Å². The van der Waals surface area contributed by atoms with Gasteiger partial charge in [0.15, 0.2) is 0 Å². The maximum absolute atomic E-state index is 10.4. The summed E-state index contributed by atoms with van der Waals surface area (Å²) in [5.41, 5.74) is 0. The molecule has 0 bridgehead atoms. The molecule has 0 aromatic rings. The van der Waals surface area contributed by atoms with Gasteiger partial charge in [-0.3, -0.25) is 9.88 Å². The molecule has 1 saturated heterocycles. The van der Waals surface area contributed by atoms with Gasteiger partial charge in [0, 0.05) is 6.04 Å². The van der Waals surface area contributed by atoms with E-state index >= 15 is 0 Å². The number of rotatable bonds is 2. The van der Waals surface area contributed by atoms with E-state index in [1.807, 2.05) is 0 Å². The Kier molecular flexibility index (Phi) is 4.55. The van der Waals surface area contributed by atoms with Crippen LogP contribution in [-0.4, -0.2) is 23.3 Å². The van der Waals surface area contributed by atoms with E-state index in [2.05, 4.69) is 5.09 Å². The fraction of sp³-hybridized carbons (Fsp3) is 0.875. The molecule has 0 aliphatic carbocycles. The van der Waals surface area contributed by atoms with Crippen LogP contribution in [0.5, 0.6) is 0 Å². The molecule has 0 radical (unpaired) electrons. The summed E-state index contributed by atoms with van der Waals surface area (Å²) in [5.74, 6) is -0.683. The lowest BCUT2D eigenvalue weighted by molar-refractivity contribution is -0.137. The van der Waals surface area contributed by atoms with Crippen molar-refractivity contribution < 1.29 is 9.90 Å². The minimum atomic E-state index is -0.683. The Hall–Kier alpha value is -0.140. The first kappa shape index (κ1) is 9.94. The SMILES string of the molecule is O=C(O)CC1CCCCCPN1. The molecular weight excluding hydrogens is 173 g/mol. The largest absolute Gasteiger partial charge is 0.481 e. The molecule has 1 aliphatic rings. The highest BCUT2D eigenvalue weighted by atomic mass is 31.1. The lowest BCUT2D eigenvalue weighted by Crippen LogP contribution is -2.26. The van der Waals surface area contributed by atoms with E-state index in [1.54, 1.807) is 0 Å². The summed E-state index contributed by atoms with van der Waals surface area (Å²) in [6, 6.07) is 0.223. The molecule has 2 N–H and O–H groups in total. The van der Waals surface area contributed by atoms with Crippen LogP contribution >= 0.6 is 8.73 Å². The third-order valence-corrected chi connectivity index (χ3v) is 3.30. The van der Waals surface area contributed by atoms with Crippen molar-refractivity contribution in [2.75, 3.05) is 6.16 Å². The average Bonchev–Trinajstić information content (AvgIpc) is 1.93. The van der Waals surface area contributed by atoms with Gasteiger partial charge in [-0.1, -0.05) is 21.6 Å². The maximum Gasteiger partial charge on any atom is 0.304 e. The Morgan fingerprint density at radius 1 is 1.50 bits per heavy atom. The van der Waals surface area contributed by atoms with E-state index in [-0.39, 0.29) is 12.5 Å². The number of carboxylic acid groups (broad SMARTS) is 1. The van der Waals surface area contributed by atoms with E-state index < -0.39 is 5.97 Å². The van der Waals surface area contributed by atoms with Gasteiger partial charge in [-0.2, -0.15) is 0 Å². The molecule has 1 heterocycles. The molecule has 1 fully saturated rings. The first-order valence-corrected chi connectivity index (χ1v) is 5.70. The quantitative estimate of drug-likeness (QED) is 0.648. The van der Waals surface area contributed by atoms with Crippen LogP contribution < -0.4 is 5.09 Å². The highest BCUT2D eigenvalue weighted by Gasteiger charge is 2.13. The summed E-state index contributed by atoms with van der Waals surface area (Å²) in [7, 11) is 0.757. The fourth-order valence-electron chi connectivity index (χ4n) is 1.43. The minimum absolute atomic E-state index is 0.223. The second-order valence-corrected chi connectivity index (χ2v) is 4.36. The molecule has 4 heteroatoms. The Labute approximate surface area is 74.8 Å². The van der Waals surface area contributed by atoms with E-state index in [4.69, 9.17) is 5.11 Å². The van der Waals surface area contributed by atoms with Gasteiger partial charge in [0.2, 0.25) is 0 Å². The van der Waals surface area contributed by atoms with Gasteiger partial charge in [0.05, 0.1) is 6.42 Å². The standard InChI is InChI=1S/C8H16NO2P/c10-8(11)6-7-4-2-1-3-5-12-9-7/h7,9,12H,1-6H2,(H,10,11). The number of aliphatic carboxylic acids is 1. The predicted octanol–water partition coefficient (Wildman–Crippen LogP) is 1.59. The van der Waals surface area contributed by atoms with Crippen LogP contribution in [0, 0.1) is 0 Å². The van der Waals surface area contributed by atoms with Gasteiger partial charge in [-0.05, 0) is 19.0 Å². The first-order chi connectivity index (χ1) is 5.79. The maximum atomic E-state index is 10.4. The van der Waals surface area contributed by atoms with Gasteiger partial charge >= 0.3 is 5.97 Å². The third kappa shape index (κ3) is 4.03. The van der Waals surface area contributed by atoms with E-state index in [9.17, 15) is 4.79 Å². The number of nitrogens with one attached hydrogen (secondary N) is 1. The molecule has 0 aromatic heterocycles. The van der Waals surface area contributed by atoms with Gasteiger partial charge in [0.25, 0.3) is 0 Å². The van der Waals surface area contributed by atoms with Crippen molar-refractivity contribution in [2.24, 2.45) is 0 Å². The van der Waals surface area contributed by atoms with Gasteiger partial charge in [-0.15, -0.1) is 0 Å². The molecule has 2 unspecified atom stereocenters. The molecule has 1 aliphatic heterocycles. The second-order valence-electron chi connectivity index (χ2n) is 3.22. The van der Waals surface area contributed by atoms with Gasteiger partial charge in [-0.25, -0.2) is 0 Å². The number of carboxylic acids is 1. The van der Waals surface area contributed by atoms with Crippen molar-refractivity contribution in [3.8, 4) is 0 Å². The first-order valence-electron chi connectivity index (χ1n) is 4.49. The summed E-state index contributed by atoms with van der Waals surface area (Å²) >= 11 is 0. The van der Waals surface area contributed by atoms with E-state index in [0.717, 1.165) is 15.2 Å². The molecule has 70 valence electrons. The van der Waals surface area contributed by atoms with Crippen LogP contribution in [0.15, 0.2) is 0 Å². The molecule has 1 rings (SSSR count). The third-order valence-electron chi connectivity index (χ3n) is 2.08. The van der Waals surface area contributed by atoms with Crippen LogP contribution in [0.4, 0.5) is 0 Å². The zero-order chi connectivity index (χ0) is 8.81. The summed E-state index contributed by atoms with van der Waals surface area (Å²) in [5, 5.41) is 11.9. The lowest BCUT2D eigenvalue weighted by Gasteiger charge is -2.19. The fourth-order valence-corrected chi connectivity index (χ4v) is 2.54. The summed E-state index contributed by atoms with van der Waals surface area (Å²) < 4.78 is 0. The summed E-state index contributed by atoms with van der Waals surface area (Å²) in [6.45, 7) is 0. The molecular formula is C8H16NO2P. The normalized spacial score (nSPS) is 27.8. The number of hydrogen-bond donors (Lipinski definition) is 2. The topological polar surface area (TPSA) is 49.3 Å². The zero-order valence-corrected chi connectivity index (χ0v) is 8.18. The Morgan fingerprint density at radius 3 is 3.08 bits per heavy atom. The van der Waals surface area contributed by atoms with Gasteiger partial charge < -0.3 is 5.11 Å². The lowest BCUT2D eigenvalue weighted by atomic mass is 10.1. The Balaban J connectivity index is 2.24. The van der Waals surface area contributed by atoms with Crippen molar-refractivity contribution in [3.63, 3.8) is 0 Å². The molecule has 0 aromatic carbocycles. The highest BCUT2D eigenvalue weighted by molar-refractivity contribution is 7.35.